The van der Waals surface area contributed by atoms with E-state index in [0.29, 0.717) is 30.8 Å². The van der Waals surface area contributed by atoms with Crippen LogP contribution in [0.15, 0.2) is 24.3 Å². The third-order valence-electron chi connectivity index (χ3n) is 4.56. The van der Waals surface area contributed by atoms with Crippen LogP contribution in [0.25, 0.3) is 0 Å². The third kappa shape index (κ3) is 6.22. The predicted octanol–water partition coefficient (Wildman–Crippen LogP) is 1.27. The fraction of sp³-hybridized carbons (Fsp3) is 0.526. The molecule has 1 heterocycles. The van der Waals surface area contributed by atoms with Crippen LogP contribution in [0.3, 0.4) is 0 Å². The zero-order chi connectivity index (χ0) is 19.1. The number of nitrogens with two attached hydrogens (primary N) is 1. The fourth-order valence-electron chi connectivity index (χ4n) is 3.14. The molecule has 0 saturated carbocycles. The van der Waals surface area contributed by atoms with Crippen LogP contribution in [-0.2, 0) is 4.79 Å². The Labute approximate surface area is 166 Å². The van der Waals surface area contributed by atoms with Gasteiger partial charge in [0, 0.05) is 57.3 Å². The molecular weight excluding hydrogens is 368 g/mol. The molecule has 3 N–H and O–H groups in total. The van der Waals surface area contributed by atoms with Crippen molar-refractivity contribution in [3.8, 4) is 0 Å². The quantitative estimate of drug-likeness (QED) is 0.756. The zero-order valence-corrected chi connectivity index (χ0v) is 16.8. The highest BCUT2D eigenvalue weighted by molar-refractivity contribution is 5.99. The minimum atomic E-state index is -0.135. The maximum atomic E-state index is 13.0. The topological polar surface area (TPSA) is 95.7 Å². The summed E-state index contributed by atoms with van der Waals surface area (Å²) in [5.41, 5.74) is 6.38. The Balaban J connectivity index is 0.00000364. The van der Waals surface area contributed by atoms with Crippen molar-refractivity contribution in [3.63, 3.8) is 0 Å². The molecule has 1 atom stereocenters. The molecule has 1 aliphatic rings. The summed E-state index contributed by atoms with van der Waals surface area (Å²) in [5, 5.41) is 2.86. The highest BCUT2D eigenvalue weighted by Crippen LogP contribution is 2.20. The van der Waals surface area contributed by atoms with E-state index >= 15 is 0 Å². The van der Waals surface area contributed by atoms with Gasteiger partial charge in [0.15, 0.2) is 0 Å². The van der Waals surface area contributed by atoms with Gasteiger partial charge in [-0.3, -0.25) is 14.4 Å². The third-order valence-corrected chi connectivity index (χ3v) is 4.56. The van der Waals surface area contributed by atoms with Gasteiger partial charge in [-0.2, -0.15) is 0 Å². The van der Waals surface area contributed by atoms with Gasteiger partial charge >= 0.3 is 0 Å². The Bertz CT molecular complexity index is 666. The minimum Gasteiger partial charge on any atom is -0.354 e. The summed E-state index contributed by atoms with van der Waals surface area (Å²) < 4.78 is 0. The molecule has 2 rings (SSSR count). The van der Waals surface area contributed by atoms with Gasteiger partial charge in [-0.25, -0.2) is 0 Å². The Morgan fingerprint density at radius 2 is 1.93 bits per heavy atom. The number of amides is 3. The van der Waals surface area contributed by atoms with E-state index in [-0.39, 0.29) is 42.6 Å². The highest BCUT2D eigenvalue weighted by atomic mass is 35.5. The van der Waals surface area contributed by atoms with Gasteiger partial charge in [0.1, 0.15) is 0 Å². The molecular formula is C19H29ClN4O3. The largest absolute Gasteiger partial charge is 0.354 e. The molecule has 0 radical (unpaired) electrons. The van der Waals surface area contributed by atoms with E-state index in [2.05, 4.69) is 5.32 Å². The van der Waals surface area contributed by atoms with Crippen LogP contribution in [0.2, 0.25) is 0 Å². The molecule has 1 unspecified atom stereocenters. The first-order chi connectivity index (χ1) is 12.4. The Morgan fingerprint density at radius 1 is 1.22 bits per heavy atom. The average molecular weight is 397 g/mol. The van der Waals surface area contributed by atoms with Crippen LogP contribution in [0.4, 0.5) is 0 Å². The molecule has 7 nitrogen and oxygen atoms in total. The molecule has 0 bridgehead atoms. The molecule has 150 valence electrons. The van der Waals surface area contributed by atoms with Gasteiger partial charge in [-0.05, 0) is 37.5 Å². The van der Waals surface area contributed by atoms with E-state index in [9.17, 15) is 14.4 Å². The van der Waals surface area contributed by atoms with Gasteiger partial charge < -0.3 is 20.9 Å². The van der Waals surface area contributed by atoms with Crippen molar-refractivity contribution in [2.45, 2.75) is 31.7 Å². The molecule has 0 aliphatic carbocycles. The molecule has 27 heavy (non-hydrogen) atoms. The first-order valence-corrected chi connectivity index (χ1v) is 9.03. The molecule has 1 aromatic carbocycles. The van der Waals surface area contributed by atoms with Gasteiger partial charge in [0.25, 0.3) is 11.8 Å². The number of carbonyl (C=O) groups is 3. The van der Waals surface area contributed by atoms with Crippen LogP contribution in [0.1, 0.15) is 46.4 Å². The van der Waals surface area contributed by atoms with Gasteiger partial charge in [0.05, 0.1) is 0 Å². The zero-order valence-electron chi connectivity index (χ0n) is 15.9. The lowest BCUT2D eigenvalue weighted by Crippen LogP contribution is -2.49. The smallest absolute Gasteiger partial charge is 0.254 e. The number of hydrogen-bond acceptors (Lipinski definition) is 4. The van der Waals surface area contributed by atoms with Crippen LogP contribution in [0.5, 0.6) is 0 Å². The Morgan fingerprint density at radius 3 is 2.59 bits per heavy atom. The summed E-state index contributed by atoms with van der Waals surface area (Å²) in [7, 11) is 3.36. The van der Waals surface area contributed by atoms with Crippen molar-refractivity contribution < 1.29 is 14.4 Å². The van der Waals surface area contributed by atoms with Crippen molar-refractivity contribution >= 4 is 30.1 Å². The van der Waals surface area contributed by atoms with Crippen LogP contribution < -0.4 is 11.1 Å². The SMILES string of the molecule is CN(C)C(=O)c1cccc(C(=O)N2CCCCC2CNC(=O)CCN)c1.Cl. The molecule has 1 aliphatic heterocycles. The predicted molar refractivity (Wildman–Crippen MR) is 107 cm³/mol. The Kier molecular flexibility index (Phi) is 9.25. The first-order valence-electron chi connectivity index (χ1n) is 9.03. The van der Waals surface area contributed by atoms with Crippen molar-refractivity contribution in [2.75, 3.05) is 33.7 Å². The van der Waals surface area contributed by atoms with Crippen LogP contribution in [-0.4, -0.2) is 67.3 Å². The number of benzene rings is 1. The summed E-state index contributed by atoms with van der Waals surface area (Å²) in [4.78, 5) is 40.1. The lowest BCUT2D eigenvalue weighted by molar-refractivity contribution is -0.121. The van der Waals surface area contributed by atoms with Gasteiger partial charge in [0.2, 0.25) is 5.91 Å². The number of likely N-dealkylation sites (tertiary alicyclic amines) is 1. The monoisotopic (exact) mass is 396 g/mol. The summed E-state index contributed by atoms with van der Waals surface area (Å²) >= 11 is 0. The Hall–Kier alpha value is -2.12. The van der Waals surface area contributed by atoms with Crippen molar-refractivity contribution in [1.82, 2.24) is 15.1 Å². The van der Waals surface area contributed by atoms with Crippen molar-refractivity contribution in [2.24, 2.45) is 5.73 Å². The van der Waals surface area contributed by atoms with E-state index < -0.39 is 0 Å². The van der Waals surface area contributed by atoms with Crippen molar-refractivity contribution in [1.29, 1.82) is 0 Å². The first kappa shape index (κ1) is 22.9. The second kappa shape index (κ2) is 10.9. The second-order valence-electron chi connectivity index (χ2n) is 6.77. The van der Waals surface area contributed by atoms with E-state index in [1.165, 1.54) is 4.90 Å². The summed E-state index contributed by atoms with van der Waals surface area (Å²) in [6.45, 7) is 1.40. The summed E-state index contributed by atoms with van der Waals surface area (Å²) in [6, 6.07) is 6.77. The molecule has 1 fully saturated rings. The van der Waals surface area contributed by atoms with Gasteiger partial charge in [-0.1, -0.05) is 6.07 Å². The van der Waals surface area contributed by atoms with Crippen molar-refractivity contribution in [3.05, 3.63) is 35.4 Å². The minimum absolute atomic E-state index is 0. The molecule has 3 amide bonds. The number of piperidine rings is 1. The standard InChI is InChI=1S/C19H28N4O3.ClH/c1-22(2)18(25)14-6-5-7-15(12-14)19(26)23-11-4-3-8-16(23)13-21-17(24)9-10-20;/h5-7,12,16H,3-4,8-11,13,20H2,1-2H3,(H,21,24);1H. The number of rotatable bonds is 6. The second-order valence-corrected chi connectivity index (χ2v) is 6.77. The molecule has 1 aromatic rings. The number of halogens is 1. The molecule has 8 heteroatoms. The van der Waals surface area contributed by atoms with E-state index in [0.717, 1.165) is 19.3 Å². The van der Waals surface area contributed by atoms with Crippen LogP contribution in [0, 0.1) is 0 Å². The number of hydrogen-bond donors (Lipinski definition) is 2. The summed E-state index contributed by atoms with van der Waals surface area (Å²) in [5.74, 6) is -0.330. The van der Waals surface area contributed by atoms with E-state index in [4.69, 9.17) is 5.73 Å². The molecule has 0 spiro atoms. The summed E-state index contributed by atoms with van der Waals surface area (Å²) in [6.07, 6.45) is 3.11. The van der Waals surface area contributed by atoms with E-state index in [1.807, 2.05) is 4.90 Å². The lowest BCUT2D eigenvalue weighted by Gasteiger charge is -2.36. The fourth-order valence-corrected chi connectivity index (χ4v) is 3.14. The molecule has 1 saturated heterocycles. The maximum Gasteiger partial charge on any atom is 0.254 e. The highest BCUT2D eigenvalue weighted by Gasteiger charge is 2.28. The van der Waals surface area contributed by atoms with Gasteiger partial charge in [-0.15, -0.1) is 12.4 Å². The number of nitrogens with zero attached hydrogens (tertiary/aromatic N) is 2. The molecule has 0 aromatic heterocycles. The normalized spacial score (nSPS) is 16.3. The maximum absolute atomic E-state index is 13.0. The average Bonchev–Trinajstić information content (AvgIpc) is 2.65. The number of nitrogens with one attached hydrogen (secondary N) is 1. The van der Waals surface area contributed by atoms with Crippen LogP contribution >= 0.6 is 12.4 Å². The number of carbonyl (C=O) groups excluding carboxylic acids is 3. The van der Waals surface area contributed by atoms with E-state index in [1.54, 1.807) is 38.4 Å². The lowest BCUT2D eigenvalue weighted by atomic mass is 10.00.